The predicted octanol–water partition coefficient (Wildman–Crippen LogP) is 3.51. The molecule has 0 fully saturated rings. The minimum Gasteiger partial charge on any atom is -0.298 e. The van der Waals surface area contributed by atoms with Gasteiger partial charge in [-0.25, -0.2) is 4.98 Å². The fourth-order valence-electron chi connectivity index (χ4n) is 2.12. The molecule has 2 aromatic carbocycles. The van der Waals surface area contributed by atoms with Crippen LogP contribution in [0.4, 0.5) is 0 Å². The van der Waals surface area contributed by atoms with Gasteiger partial charge in [-0.05, 0) is 30.7 Å². The van der Waals surface area contributed by atoms with Crippen molar-refractivity contribution in [2.24, 2.45) is 0 Å². The molecule has 0 radical (unpaired) electrons. The zero-order valence-electron chi connectivity index (χ0n) is 9.47. The molecule has 1 heterocycles. The number of nitrogens with zero attached hydrogens (tertiary/aromatic N) is 1. The van der Waals surface area contributed by atoms with E-state index in [9.17, 15) is 4.79 Å². The standard InChI is InChI=1S/C15H11NO/c1-10-6-7-12(9-17)15-13(10)8-11-4-2-3-5-14(11)16-15/h2-9H,1H3. The number of aromatic nitrogens is 1. The van der Waals surface area contributed by atoms with Crippen LogP contribution >= 0.6 is 0 Å². The number of fused-ring (bicyclic) bond motifs is 2. The first kappa shape index (κ1) is 9.97. The van der Waals surface area contributed by atoms with E-state index in [1.165, 1.54) is 0 Å². The molecule has 3 aromatic rings. The summed E-state index contributed by atoms with van der Waals surface area (Å²) in [6.07, 6.45) is 0.865. The maximum Gasteiger partial charge on any atom is 0.152 e. The molecular weight excluding hydrogens is 210 g/mol. The molecule has 0 atom stereocenters. The van der Waals surface area contributed by atoms with E-state index in [4.69, 9.17) is 0 Å². The van der Waals surface area contributed by atoms with Crippen LogP contribution in [0.5, 0.6) is 0 Å². The van der Waals surface area contributed by atoms with Gasteiger partial charge in [-0.1, -0.05) is 24.3 Å². The van der Waals surface area contributed by atoms with Gasteiger partial charge in [0, 0.05) is 16.3 Å². The van der Waals surface area contributed by atoms with Crippen molar-refractivity contribution >= 4 is 28.1 Å². The van der Waals surface area contributed by atoms with Gasteiger partial charge in [0.05, 0.1) is 11.0 Å². The molecule has 0 saturated carbocycles. The van der Waals surface area contributed by atoms with E-state index in [1.807, 2.05) is 43.3 Å². The average Bonchev–Trinajstić information content (AvgIpc) is 2.38. The molecule has 0 aliphatic heterocycles. The summed E-state index contributed by atoms with van der Waals surface area (Å²) >= 11 is 0. The van der Waals surface area contributed by atoms with Gasteiger partial charge in [0.25, 0.3) is 0 Å². The van der Waals surface area contributed by atoms with Gasteiger partial charge in [0.15, 0.2) is 6.29 Å². The van der Waals surface area contributed by atoms with Crippen molar-refractivity contribution in [1.82, 2.24) is 4.98 Å². The minimum atomic E-state index is 0.649. The van der Waals surface area contributed by atoms with Gasteiger partial charge in [0.1, 0.15) is 0 Å². The van der Waals surface area contributed by atoms with E-state index in [1.54, 1.807) is 0 Å². The molecule has 0 bridgehead atoms. The maximum atomic E-state index is 11.0. The second kappa shape index (κ2) is 3.67. The molecule has 17 heavy (non-hydrogen) atoms. The van der Waals surface area contributed by atoms with Gasteiger partial charge < -0.3 is 0 Å². The first-order valence-electron chi connectivity index (χ1n) is 5.54. The molecular formula is C15H11NO. The Hall–Kier alpha value is -2.22. The Morgan fingerprint density at radius 1 is 1.12 bits per heavy atom. The lowest BCUT2D eigenvalue weighted by Gasteiger charge is -2.06. The molecule has 0 aliphatic rings. The van der Waals surface area contributed by atoms with Crippen molar-refractivity contribution in [3.8, 4) is 0 Å². The lowest BCUT2D eigenvalue weighted by atomic mass is 10.0. The van der Waals surface area contributed by atoms with Crippen molar-refractivity contribution in [2.75, 3.05) is 0 Å². The monoisotopic (exact) mass is 221 g/mol. The van der Waals surface area contributed by atoms with Crippen LogP contribution in [0.25, 0.3) is 21.8 Å². The van der Waals surface area contributed by atoms with Gasteiger partial charge in [-0.2, -0.15) is 0 Å². The number of carbonyl (C=O) groups is 1. The first-order chi connectivity index (χ1) is 8.29. The zero-order valence-corrected chi connectivity index (χ0v) is 9.47. The van der Waals surface area contributed by atoms with Crippen LogP contribution in [0, 0.1) is 6.92 Å². The number of hydrogen-bond acceptors (Lipinski definition) is 2. The fraction of sp³-hybridized carbons (Fsp3) is 0.0667. The highest BCUT2D eigenvalue weighted by molar-refractivity contribution is 6.02. The van der Waals surface area contributed by atoms with Crippen molar-refractivity contribution < 1.29 is 4.79 Å². The SMILES string of the molecule is Cc1ccc(C=O)c2nc3ccccc3cc12. The number of benzene rings is 2. The smallest absolute Gasteiger partial charge is 0.152 e. The van der Waals surface area contributed by atoms with Crippen LogP contribution in [0.2, 0.25) is 0 Å². The quantitative estimate of drug-likeness (QED) is 0.465. The van der Waals surface area contributed by atoms with E-state index in [2.05, 4.69) is 11.1 Å². The van der Waals surface area contributed by atoms with Crippen molar-refractivity contribution in [3.05, 3.63) is 53.6 Å². The molecule has 1 aromatic heterocycles. The van der Waals surface area contributed by atoms with Crippen LogP contribution in [0.15, 0.2) is 42.5 Å². The largest absolute Gasteiger partial charge is 0.298 e. The Morgan fingerprint density at radius 2 is 1.94 bits per heavy atom. The minimum absolute atomic E-state index is 0.649. The topological polar surface area (TPSA) is 30.0 Å². The number of carbonyl (C=O) groups excluding carboxylic acids is 1. The average molecular weight is 221 g/mol. The molecule has 0 N–H and O–H groups in total. The van der Waals surface area contributed by atoms with E-state index in [-0.39, 0.29) is 0 Å². The zero-order chi connectivity index (χ0) is 11.8. The number of aryl methyl sites for hydroxylation is 1. The lowest BCUT2D eigenvalue weighted by molar-refractivity contribution is 0.112. The number of para-hydroxylation sites is 1. The number of rotatable bonds is 1. The van der Waals surface area contributed by atoms with E-state index < -0.39 is 0 Å². The molecule has 0 saturated heterocycles. The third kappa shape index (κ3) is 1.49. The molecule has 0 unspecified atom stereocenters. The highest BCUT2D eigenvalue weighted by atomic mass is 16.1. The summed E-state index contributed by atoms with van der Waals surface area (Å²) in [6.45, 7) is 2.04. The Labute approximate surface area is 98.9 Å². The van der Waals surface area contributed by atoms with Gasteiger partial charge in [-0.3, -0.25) is 4.79 Å². The molecule has 0 amide bonds. The number of hydrogen-bond donors (Lipinski definition) is 0. The molecule has 2 heteroatoms. The summed E-state index contributed by atoms with van der Waals surface area (Å²) < 4.78 is 0. The highest BCUT2D eigenvalue weighted by Gasteiger charge is 2.06. The molecule has 2 nitrogen and oxygen atoms in total. The second-order valence-corrected chi connectivity index (χ2v) is 4.17. The second-order valence-electron chi connectivity index (χ2n) is 4.17. The third-order valence-corrected chi connectivity index (χ3v) is 3.06. The van der Waals surface area contributed by atoms with Crippen molar-refractivity contribution in [2.45, 2.75) is 6.92 Å². The Balaban J connectivity index is 2.54. The highest BCUT2D eigenvalue weighted by Crippen LogP contribution is 2.24. The van der Waals surface area contributed by atoms with Crippen LogP contribution in [0.1, 0.15) is 15.9 Å². The van der Waals surface area contributed by atoms with Gasteiger partial charge in [0.2, 0.25) is 0 Å². The maximum absolute atomic E-state index is 11.0. The van der Waals surface area contributed by atoms with Gasteiger partial charge in [-0.15, -0.1) is 0 Å². The van der Waals surface area contributed by atoms with E-state index in [0.717, 1.165) is 33.7 Å². The van der Waals surface area contributed by atoms with Crippen LogP contribution < -0.4 is 0 Å². The van der Waals surface area contributed by atoms with Crippen LogP contribution in [-0.4, -0.2) is 11.3 Å². The van der Waals surface area contributed by atoms with Gasteiger partial charge >= 0.3 is 0 Å². The molecule has 82 valence electrons. The number of aldehydes is 1. The lowest BCUT2D eigenvalue weighted by Crippen LogP contribution is -1.90. The van der Waals surface area contributed by atoms with Crippen molar-refractivity contribution in [3.63, 3.8) is 0 Å². The summed E-state index contributed by atoms with van der Waals surface area (Å²) in [7, 11) is 0. The summed E-state index contributed by atoms with van der Waals surface area (Å²) in [5.41, 5.74) is 3.51. The summed E-state index contributed by atoms with van der Waals surface area (Å²) in [5, 5.41) is 2.15. The Morgan fingerprint density at radius 3 is 2.76 bits per heavy atom. The summed E-state index contributed by atoms with van der Waals surface area (Å²) in [4.78, 5) is 15.6. The molecule has 0 spiro atoms. The molecule has 0 aliphatic carbocycles. The third-order valence-electron chi connectivity index (χ3n) is 3.06. The normalized spacial score (nSPS) is 10.9. The van der Waals surface area contributed by atoms with Crippen molar-refractivity contribution in [1.29, 1.82) is 0 Å². The molecule has 3 rings (SSSR count). The van der Waals surface area contributed by atoms with Crippen LogP contribution in [0.3, 0.4) is 0 Å². The van der Waals surface area contributed by atoms with E-state index in [0.29, 0.717) is 5.56 Å². The summed E-state index contributed by atoms with van der Waals surface area (Å²) in [6, 6.07) is 13.8. The fourth-order valence-corrected chi connectivity index (χ4v) is 2.12. The van der Waals surface area contributed by atoms with Crippen LogP contribution in [-0.2, 0) is 0 Å². The Bertz CT molecular complexity index is 731. The van der Waals surface area contributed by atoms with E-state index >= 15 is 0 Å². The Kier molecular flexibility index (Phi) is 2.15. The predicted molar refractivity (Wildman–Crippen MR) is 69.4 cm³/mol. The number of pyridine rings is 1. The summed E-state index contributed by atoms with van der Waals surface area (Å²) in [5.74, 6) is 0. The first-order valence-corrected chi connectivity index (χ1v) is 5.54.